The molecule has 1 fully saturated rings. The number of aromatic nitrogens is 2. The molecule has 1 aliphatic rings. The van der Waals surface area contributed by atoms with Crippen molar-refractivity contribution in [2.24, 2.45) is 0 Å². The molecule has 0 saturated carbocycles. The third kappa shape index (κ3) is 2.83. The van der Waals surface area contributed by atoms with Crippen molar-refractivity contribution in [1.29, 1.82) is 0 Å². The van der Waals surface area contributed by atoms with Crippen LogP contribution in [-0.2, 0) is 11.3 Å². The van der Waals surface area contributed by atoms with Gasteiger partial charge < -0.3 is 10.1 Å². The van der Waals surface area contributed by atoms with Crippen molar-refractivity contribution >= 4 is 0 Å². The number of hydrogen-bond donors (Lipinski definition) is 1. The molecule has 1 N–H and O–H groups in total. The van der Waals surface area contributed by atoms with E-state index in [1.54, 1.807) is 0 Å². The molecule has 0 aliphatic carbocycles. The monoisotopic (exact) mass is 223 g/mol. The fourth-order valence-electron chi connectivity index (χ4n) is 2.10. The maximum atomic E-state index is 5.46. The molecule has 1 saturated heterocycles. The van der Waals surface area contributed by atoms with Gasteiger partial charge in [0, 0.05) is 37.0 Å². The van der Waals surface area contributed by atoms with Crippen LogP contribution in [0.3, 0.4) is 0 Å². The highest BCUT2D eigenvalue weighted by molar-refractivity contribution is 5.09. The van der Waals surface area contributed by atoms with E-state index in [4.69, 9.17) is 4.74 Å². The van der Waals surface area contributed by atoms with Crippen LogP contribution in [0, 0.1) is 0 Å². The molecule has 2 rings (SSSR count). The Labute approximate surface area is 97.0 Å². The van der Waals surface area contributed by atoms with Gasteiger partial charge in [0.15, 0.2) is 0 Å². The molecule has 1 aromatic heterocycles. The Morgan fingerprint density at radius 1 is 1.69 bits per heavy atom. The van der Waals surface area contributed by atoms with E-state index >= 15 is 0 Å². The van der Waals surface area contributed by atoms with Crippen molar-refractivity contribution in [2.75, 3.05) is 13.2 Å². The highest BCUT2D eigenvalue weighted by atomic mass is 16.5. The summed E-state index contributed by atoms with van der Waals surface area (Å²) in [7, 11) is 0. The molecule has 2 atom stereocenters. The molecule has 2 unspecified atom stereocenters. The molecule has 0 spiro atoms. The first-order valence-corrected chi connectivity index (χ1v) is 6.15. The standard InChI is InChI=1S/C12H21N3O/c1-3-15-8-11(7-13-15)10(2)14-12-5-4-6-16-9-12/h7-8,10,12,14H,3-6,9H2,1-2H3. The Balaban J connectivity index is 1.88. The topological polar surface area (TPSA) is 39.1 Å². The zero-order chi connectivity index (χ0) is 11.4. The highest BCUT2D eigenvalue weighted by Crippen LogP contribution is 2.15. The first-order chi connectivity index (χ1) is 7.79. The molecule has 0 amide bonds. The molecule has 2 heterocycles. The van der Waals surface area contributed by atoms with Gasteiger partial charge in [-0.1, -0.05) is 0 Å². The molecule has 4 nitrogen and oxygen atoms in total. The van der Waals surface area contributed by atoms with Crippen molar-refractivity contribution in [3.8, 4) is 0 Å². The van der Waals surface area contributed by atoms with Gasteiger partial charge in [0.2, 0.25) is 0 Å². The van der Waals surface area contributed by atoms with E-state index in [0.29, 0.717) is 12.1 Å². The van der Waals surface area contributed by atoms with Crippen molar-refractivity contribution in [3.63, 3.8) is 0 Å². The van der Waals surface area contributed by atoms with E-state index in [1.807, 2.05) is 10.9 Å². The second-order valence-corrected chi connectivity index (χ2v) is 4.43. The number of nitrogens with one attached hydrogen (secondary N) is 1. The van der Waals surface area contributed by atoms with Crippen LogP contribution in [0.1, 0.15) is 38.3 Å². The second kappa shape index (κ2) is 5.46. The van der Waals surface area contributed by atoms with Gasteiger partial charge in [-0.15, -0.1) is 0 Å². The fourth-order valence-corrected chi connectivity index (χ4v) is 2.10. The number of aryl methyl sites for hydroxylation is 1. The van der Waals surface area contributed by atoms with E-state index in [1.165, 1.54) is 18.4 Å². The Morgan fingerprint density at radius 2 is 2.56 bits per heavy atom. The molecule has 1 aromatic rings. The molecule has 90 valence electrons. The van der Waals surface area contributed by atoms with Gasteiger partial charge >= 0.3 is 0 Å². The quantitative estimate of drug-likeness (QED) is 0.845. The van der Waals surface area contributed by atoms with E-state index in [0.717, 1.165) is 19.8 Å². The van der Waals surface area contributed by atoms with Crippen molar-refractivity contribution in [3.05, 3.63) is 18.0 Å². The summed E-state index contributed by atoms with van der Waals surface area (Å²) in [5.41, 5.74) is 1.26. The first-order valence-electron chi connectivity index (χ1n) is 6.15. The maximum absolute atomic E-state index is 5.46. The lowest BCUT2D eigenvalue weighted by Gasteiger charge is -2.26. The molecular formula is C12H21N3O. The zero-order valence-electron chi connectivity index (χ0n) is 10.1. The summed E-state index contributed by atoms with van der Waals surface area (Å²) in [5.74, 6) is 0. The summed E-state index contributed by atoms with van der Waals surface area (Å²) < 4.78 is 7.43. The molecule has 0 bridgehead atoms. The van der Waals surface area contributed by atoms with Gasteiger partial charge in [-0.25, -0.2) is 0 Å². The van der Waals surface area contributed by atoms with Crippen molar-refractivity contribution < 1.29 is 4.74 Å². The largest absolute Gasteiger partial charge is 0.380 e. The first kappa shape index (κ1) is 11.6. The average molecular weight is 223 g/mol. The lowest BCUT2D eigenvalue weighted by Crippen LogP contribution is -2.38. The minimum Gasteiger partial charge on any atom is -0.380 e. The molecule has 0 aromatic carbocycles. The van der Waals surface area contributed by atoms with Crippen LogP contribution < -0.4 is 5.32 Å². The number of rotatable bonds is 4. The Kier molecular flexibility index (Phi) is 3.96. The lowest BCUT2D eigenvalue weighted by atomic mass is 10.1. The smallest absolute Gasteiger partial charge is 0.0619 e. The van der Waals surface area contributed by atoms with Crippen molar-refractivity contribution in [1.82, 2.24) is 15.1 Å². The zero-order valence-corrected chi connectivity index (χ0v) is 10.1. The van der Waals surface area contributed by atoms with Crippen molar-refractivity contribution in [2.45, 2.75) is 45.3 Å². The number of hydrogen-bond acceptors (Lipinski definition) is 3. The molecule has 4 heteroatoms. The van der Waals surface area contributed by atoms with E-state index in [9.17, 15) is 0 Å². The number of ether oxygens (including phenoxy) is 1. The minimum absolute atomic E-state index is 0.354. The van der Waals surface area contributed by atoms with Crippen LogP contribution >= 0.6 is 0 Å². The third-order valence-electron chi connectivity index (χ3n) is 3.12. The van der Waals surface area contributed by atoms with Gasteiger partial charge in [0.25, 0.3) is 0 Å². The van der Waals surface area contributed by atoms with Crippen LogP contribution in [0.5, 0.6) is 0 Å². The lowest BCUT2D eigenvalue weighted by molar-refractivity contribution is 0.0671. The van der Waals surface area contributed by atoms with Gasteiger partial charge in [0.1, 0.15) is 0 Å². The predicted molar refractivity (Wildman–Crippen MR) is 63.3 cm³/mol. The summed E-state index contributed by atoms with van der Waals surface area (Å²) in [5, 5.41) is 7.89. The molecule has 0 radical (unpaired) electrons. The van der Waals surface area contributed by atoms with Crippen LogP contribution in [0.15, 0.2) is 12.4 Å². The summed E-state index contributed by atoms with van der Waals surface area (Å²) in [6, 6.07) is 0.848. The van der Waals surface area contributed by atoms with Crippen LogP contribution in [0.2, 0.25) is 0 Å². The SMILES string of the molecule is CCn1cc(C(C)NC2CCCOC2)cn1. The molecule has 1 aliphatic heterocycles. The maximum Gasteiger partial charge on any atom is 0.0619 e. The average Bonchev–Trinajstić information content (AvgIpc) is 2.79. The second-order valence-electron chi connectivity index (χ2n) is 4.43. The Hall–Kier alpha value is -0.870. The van der Waals surface area contributed by atoms with Gasteiger partial charge in [-0.2, -0.15) is 5.10 Å². The van der Waals surface area contributed by atoms with E-state index in [-0.39, 0.29) is 0 Å². The Bertz CT molecular complexity index is 318. The summed E-state index contributed by atoms with van der Waals surface area (Å²) in [6.45, 7) is 6.97. The summed E-state index contributed by atoms with van der Waals surface area (Å²) in [4.78, 5) is 0. The van der Waals surface area contributed by atoms with Crippen LogP contribution in [0.25, 0.3) is 0 Å². The third-order valence-corrected chi connectivity index (χ3v) is 3.12. The van der Waals surface area contributed by atoms with E-state index in [2.05, 4.69) is 30.5 Å². The Morgan fingerprint density at radius 3 is 3.19 bits per heavy atom. The van der Waals surface area contributed by atoms with Crippen LogP contribution in [-0.4, -0.2) is 29.0 Å². The minimum atomic E-state index is 0.354. The van der Waals surface area contributed by atoms with Crippen LogP contribution in [0.4, 0.5) is 0 Å². The normalized spacial score (nSPS) is 23.2. The predicted octanol–water partition coefficient (Wildman–Crippen LogP) is 1.73. The summed E-state index contributed by atoms with van der Waals surface area (Å²) in [6.07, 6.45) is 6.44. The van der Waals surface area contributed by atoms with Gasteiger partial charge in [-0.3, -0.25) is 4.68 Å². The van der Waals surface area contributed by atoms with E-state index < -0.39 is 0 Å². The molecular weight excluding hydrogens is 202 g/mol. The van der Waals surface area contributed by atoms with Gasteiger partial charge in [-0.05, 0) is 26.7 Å². The van der Waals surface area contributed by atoms with Gasteiger partial charge in [0.05, 0.1) is 12.8 Å². The number of nitrogens with zero attached hydrogens (tertiary/aromatic N) is 2. The highest BCUT2D eigenvalue weighted by Gasteiger charge is 2.17. The fraction of sp³-hybridized carbons (Fsp3) is 0.750. The summed E-state index contributed by atoms with van der Waals surface area (Å²) >= 11 is 0. The molecule has 16 heavy (non-hydrogen) atoms.